The summed E-state index contributed by atoms with van der Waals surface area (Å²) in [5, 5.41) is 0.231. The Hall–Kier alpha value is -2.70. The van der Waals surface area contributed by atoms with Crippen molar-refractivity contribution in [2.45, 2.75) is 0 Å². The van der Waals surface area contributed by atoms with Gasteiger partial charge in [0.1, 0.15) is 0 Å². The number of nitrogens with zero attached hydrogens (tertiary/aromatic N) is 2. The van der Waals surface area contributed by atoms with Crippen molar-refractivity contribution in [3.05, 3.63) is 64.4 Å². The lowest BCUT2D eigenvalue weighted by Gasteiger charge is -2.27. The number of carbonyl (C=O) groups is 2. The van der Waals surface area contributed by atoms with Crippen LogP contribution in [-0.2, 0) is 4.74 Å². The van der Waals surface area contributed by atoms with Gasteiger partial charge in [0.15, 0.2) is 5.82 Å². The summed E-state index contributed by atoms with van der Waals surface area (Å²) in [7, 11) is 0. The number of imidazole rings is 1. The minimum absolute atomic E-state index is 0.162. The average Bonchev–Trinajstić information content (AvgIpc) is 3.11. The predicted octanol–water partition coefficient (Wildman–Crippen LogP) is 2.92. The lowest BCUT2D eigenvalue weighted by Crippen LogP contribution is -2.41. The fourth-order valence-electron chi connectivity index (χ4n) is 3.05. The van der Waals surface area contributed by atoms with E-state index in [9.17, 15) is 9.59 Å². The number of aromatic nitrogens is 2. The molecule has 1 fully saturated rings. The molecule has 1 amide bonds. The number of aromatic amines is 1. The van der Waals surface area contributed by atoms with E-state index < -0.39 is 5.78 Å². The first kappa shape index (κ1) is 16.8. The molecular formula is C19H16ClN3O3. The number of amides is 1. The fourth-order valence-corrected chi connectivity index (χ4v) is 3.31. The molecular weight excluding hydrogens is 354 g/mol. The lowest BCUT2D eigenvalue weighted by molar-refractivity contribution is 0.0302. The minimum atomic E-state index is -0.400. The summed E-state index contributed by atoms with van der Waals surface area (Å²) in [6.45, 7) is 1.95. The van der Waals surface area contributed by atoms with E-state index in [1.54, 1.807) is 23.1 Å². The number of hydrogen-bond donors (Lipinski definition) is 1. The van der Waals surface area contributed by atoms with Gasteiger partial charge in [0.05, 0.1) is 40.4 Å². The first-order chi connectivity index (χ1) is 12.6. The van der Waals surface area contributed by atoms with E-state index in [0.29, 0.717) is 31.8 Å². The number of para-hydroxylation sites is 2. The van der Waals surface area contributed by atoms with Gasteiger partial charge in [0, 0.05) is 13.1 Å². The Kier molecular flexibility index (Phi) is 4.44. The highest BCUT2D eigenvalue weighted by Crippen LogP contribution is 2.25. The third-order valence-corrected chi connectivity index (χ3v) is 4.69. The summed E-state index contributed by atoms with van der Waals surface area (Å²) in [5.41, 5.74) is 1.89. The van der Waals surface area contributed by atoms with Crippen molar-refractivity contribution in [3.8, 4) is 0 Å². The number of ketones is 1. The molecule has 3 aromatic rings. The van der Waals surface area contributed by atoms with Crippen LogP contribution in [0.4, 0.5) is 0 Å². The Balaban J connectivity index is 1.75. The molecule has 1 N–H and O–H groups in total. The van der Waals surface area contributed by atoms with Crippen molar-refractivity contribution in [2.24, 2.45) is 0 Å². The van der Waals surface area contributed by atoms with E-state index in [1.807, 2.05) is 24.3 Å². The SMILES string of the molecule is O=C(c1nc2ccccc2[nH]1)c1c(Cl)cccc1C(=O)N1CCOCC1. The Bertz CT molecular complexity index is 960. The monoisotopic (exact) mass is 369 g/mol. The van der Waals surface area contributed by atoms with Crippen molar-refractivity contribution in [1.29, 1.82) is 0 Å². The number of halogens is 1. The summed E-state index contributed by atoms with van der Waals surface area (Å²) < 4.78 is 5.29. The van der Waals surface area contributed by atoms with Crippen molar-refractivity contribution in [3.63, 3.8) is 0 Å². The van der Waals surface area contributed by atoms with E-state index in [2.05, 4.69) is 9.97 Å². The molecule has 1 aromatic heterocycles. The highest BCUT2D eigenvalue weighted by Gasteiger charge is 2.27. The molecule has 0 saturated carbocycles. The molecule has 26 heavy (non-hydrogen) atoms. The van der Waals surface area contributed by atoms with E-state index in [-0.39, 0.29) is 27.9 Å². The average molecular weight is 370 g/mol. The molecule has 1 aliphatic heterocycles. The quantitative estimate of drug-likeness (QED) is 0.720. The highest BCUT2D eigenvalue weighted by atomic mass is 35.5. The first-order valence-electron chi connectivity index (χ1n) is 8.30. The van der Waals surface area contributed by atoms with Gasteiger partial charge < -0.3 is 14.6 Å². The largest absolute Gasteiger partial charge is 0.378 e. The molecule has 4 rings (SSSR count). The second-order valence-corrected chi connectivity index (χ2v) is 6.41. The van der Waals surface area contributed by atoms with Gasteiger partial charge >= 0.3 is 0 Å². The van der Waals surface area contributed by atoms with Gasteiger partial charge in [-0.15, -0.1) is 0 Å². The van der Waals surface area contributed by atoms with E-state index in [0.717, 1.165) is 5.52 Å². The van der Waals surface area contributed by atoms with Gasteiger partial charge in [-0.25, -0.2) is 4.98 Å². The van der Waals surface area contributed by atoms with Crippen LogP contribution in [0.5, 0.6) is 0 Å². The van der Waals surface area contributed by atoms with Crippen LogP contribution in [0, 0.1) is 0 Å². The van der Waals surface area contributed by atoms with Crippen LogP contribution in [0.25, 0.3) is 11.0 Å². The number of ether oxygens (including phenoxy) is 1. The maximum absolute atomic E-state index is 13.1. The molecule has 2 aromatic carbocycles. The Morgan fingerprint density at radius 2 is 1.85 bits per heavy atom. The maximum atomic E-state index is 13.1. The van der Waals surface area contributed by atoms with Crippen LogP contribution >= 0.6 is 11.6 Å². The molecule has 0 aliphatic carbocycles. The number of morpholine rings is 1. The topological polar surface area (TPSA) is 75.3 Å². The van der Waals surface area contributed by atoms with Crippen LogP contribution in [0.1, 0.15) is 26.5 Å². The Morgan fingerprint density at radius 1 is 1.08 bits per heavy atom. The molecule has 2 heterocycles. The van der Waals surface area contributed by atoms with Gasteiger partial charge in [0.2, 0.25) is 5.78 Å². The van der Waals surface area contributed by atoms with Crippen molar-refractivity contribution in [2.75, 3.05) is 26.3 Å². The molecule has 132 valence electrons. The molecule has 1 saturated heterocycles. The normalized spacial score (nSPS) is 14.6. The highest BCUT2D eigenvalue weighted by molar-refractivity contribution is 6.36. The Morgan fingerprint density at radius 3 is 2.62 bits per heavy atom. The summed E-state index contributed by atoms with van der Waals surface area (Å²) in [5.74, 6) is -0.464. The zero-order valence-corrected chi connectivity index (χ0v) is 14.6. The molecule has 0 spiro atoms. The number of hydrogen-bond acceptors (Lipinski definition) is 4. The fraction of sp³-hybridized carbons (Fsp3) is 0.211. The van der Waals surface area contributed by atoms with E-state index >= 15 is 0 Å². The van der Waals surface area contributed by atoms with Crippen LogP contribution in [0.2, 0.25) is 5.02 Å². The third kappa shape index (κ3) is 2.98. The van der Waals surface area contributed by atoms with Crippen molar-refractivity contribution in [1.82, 2.24) is 14.9 Å². The molecule has 0 radical (unpaired) electrons. The van der Waals surface area contributed by atoms with E-state index in [4.69, 9.17) is 16.3 Å². The molecule has 1 aliphatic rings. The lowest BCUT2D eigenvalue weighted by atomic mass is 10.0. The van der Waals surface area contributed by atoms with Crippen LogP contribution in [0.15, 0.2) is 42.5 Å². The summed E-state index contributed by atoms with van der Waals surface area (Å²) in [6, 6.07) is 12.3. The minimum Gasteiger partial charge on any atom is -0.378 e. The zero-order chi connectivity index (χ0) is 18.1. The van der Waals surface area contributed by atoms with Gasteiger partial charge in [-0.2, -0.15) is 0 Å². The number of rotatable bonds is 3. The van der Waals surface area contributed by atoms with Gasteiger partial charge in [-0.05, 0) is 24.3 Å². The van der Waals surface area contributed by atoms with E-state index in [1.165, 1.54) is 0 Å². The summed E-state index contributed by atoms with van der Waals surface area (Å²) >= 11 is 6.30. The van der Waals surface area contributed by atoms with Crippen LogP contribution in [-0.4, -0.2) is 52.9 Å². The Labute approximate surface area is 154 Å². The summed E-state index contributed by atoms with van der Waals surface area (Å²) in [4.78, 5) is 35.0. The third-order valence-electron chi connectivity index (χ3n) is 4.37. The van der Waals surface area contributed by atoms with Crippen LogP contribution in [0.3, 0.4) is 0 Å². The number of H-pyrrole nitrogens is 1. The van der Waals surface area contributed by atoms with Crippen molar-refractivity contribution < 1.29 is 14.3 Å². The van der Waals surface area contributed by atoms with Crippen LogP contribution < -0.4 is 0 Å². The predicted molar refractivity (Wildman–Crippen MR) is 97.7 cm³/mol. The van der Waals surface area contributed by atoms with Gasteiger partial charge in [0.25, 0.3) is 5.91 Å². The summed E-state index contributed by atoms with van der Waals surface area (Å²) in [6.07, 6.45) is 0. The molecule has 0 unspecified atom stereocenters. The molecule has 7 heteroatoms. The number of fused-ring (bicyclic) bond motifs is 1. The first-order valence-corrected chi connectivity index (χ1v) is 8.68. The van der Waals surface area contributed by atoms with Gasteiger partial charge in [-0.1, -0.05) is 29.8 Å². The van der Waals surface area contributed by atoms with Crippen molar-refractivity contribution >= 4 is 34.3 Å². The van der Waals surface area contributed by atoms with Gasteiger partial charge in [-0.3, -0.25) is 9.59 Å². The number of carbonyl (C=O) groups excluding carboxylic acids is 2. The second-order valence-electron chi connectivity index (χ2n) is 6.00. The smallest absolute Gasteiger partial charge is 0.254 e. The maximum Gasteiger partial charge on any atom is 0.254 e. The number of benzene rings is 2. The standard InChI is InChI=1S/C19H16ClN3O3/c20-13-5-3-4-12(19(25)23-8-10-26-11-9-23)16(13)17(24)18-21-14-6-1-2-7-15(14)22-18/h1-7H,8-11H2,(H,21,22). The molecule has 0 atom stereocenters. The molecule has 6 nitrogen and oxygen atoms in total. The molecule has 0 bridgehead atoms. The second kappa shape index (κ2) is 6.90. The number of nitrogens with one attached hydrogen (secondary N) is 1. The zero-order valence-electron chi connectivity index (χ0n) is 13.9.